The molecule has 0 bridgehead atoms. The molecule has 3 nitrogen and oxygen atoms in total. The lowest BCUT2D eigenvalue weighted by molar-refractivity contribution is 1.04. The minimum Gasteiger partial charge on any atom is -0.341 e. The summed E-state index contributed by atoms with van der Waals surface area (Å²) >= 11 is 7.20. The number of thioether (sulfide) groups is 1. The van der Waals surface area contributed by atoms with Crippen molar-refractivity contribution >= 4 is 24.0 Å². The molecule has 0 atom stereocenters. The Morgan fingerprint density at radius 1 is 1.41 bits per heavy atom. The van der Waals surface area contributed by atoms with Crippen LogP contribution in [0.1, 0.15) is 16.8 Å². The van der Waals surface area contributed by atoms with Gasteiger partial charge in [0.2, 0.25) is 0 Å². The maximum atomic E-state index is 5.34. The van der Waals surface area contributed by atoms with Crippen molar-refractivity contribution in [1.29, 1.82) is 0 Å². The van der Waals surface area contributed by atoms with Gasteiger partial charge in [0.1, 0.15) is 10.3 Å². The summed E-state index contributed by atoms with van der Waals surface area (Å²) in [5.74, 6) is 2.74. The van der Waals surface area contributed by atoms with E-state index < -0.39 is 0 Å². The monoisotopic (exact) mass is 261 g/mol. The molecule has 0 aromatic carbocycles. The Morgan fingerprint density at radius 2 is 2.29 bits per heavy atom. The third-order valence-electron chi connectivity index (χ3n) is 2.83. The van der Waals surface area contributed by atoms with Gasteiger partial charge >= 0.3 is 0 Å². The van der Waals surface area contributed by atoms with Crippen LogP contribution in [0.3, 0.4) is 0 Å². The predicted molar refractivity (Wildman–Crippen MR) is 72.4 cm³/mol. The van der Waals surface area contributed by atoms with Crippen LogP contribution in [0.5, 0.6) is 0 Å². The summed E-state index contributed by atoms with van der Waals surface area (Å²) < 4.78 is 0.712. The molecule has 1 N–H and O–H groups in total. The lowest BCUT2D eigenvalue weighted by Crippen LogP contribution is -1.99. The van der Waals surface area contributed by atoms with E-state index in [1.807, 2.05) is 30.8 Å². The molecule has 0 saturated carbocycles. The van der Waals surface area contributed by atoms with Gasteiger partial charge in [0.25, 0.3) is 0 Å². The molecule has 86 valence electrons. The summed E-state index contributed by atoms with van der Waals surface area (Å²) in [4.78, 5) is 12.2. The van der Waals surface area contributed by atoms with Gasteiger partial charge in [-0.1, -0.05) is 18.3 Å². The van der Waals surface area contributed by atoms with E-state index in [1.165, 1.54) is 11.3 Å². The average Bonchev–Trinajstić information content (AvgIpc) is 2.78. The maximum Gasteiger partial charge on any atom is 0.158 e. The Kier molecular flexibility index (Phi) is 2.72. The van der Waals surface area contributed by atoms with E-state index in [0.717, 1.165) is 28.6 Å². The topological polar surface area (TPSA) is 41.6 Å². The standard InChI is InChI=1S/C12H11N3S2/c1-7-3-2-4-13-10(7)11-14-9-6-17-5-8(9)12(16)15-11/h2-4H,5-6H2,1H3,(H,14,15,16). The van der Waals surface area contributed by atoms with Gasteiger partial charge in [-0.05, 0) is 18.6 Å². The maximum absolute atomic E-state index is 5.34. The van der Waals surface area contributed by atoms with E-state index in [4.69, 9.17) is 12.2 Å². The van der Waals surface area contributed by atoms with Crippen molar-refractivity contribution in [3.63, 3.8) is 0 Å². The highest BCUT2D eigenvalue weighted by Crippen LogP contribution is 2.30. The lowest BCUT2D eigenvalue weighted by atomic mass is 10.2. The van der Waals surface area contributed by atoms with Gasteiger partial charge in [0.15, 0.2) is 5.82 Å². The fourth-order valence-corrected chi connectivity index (χ4v) is 3.36. The number of aryl methyl sites for hydroxylation is 1. The summed E-state index contributed by atoms with van der Waals surface area (Å²) in [5, 5.41) is 0. The molecule has 0 radical (unpaired) electrons. The summed E-state index contributed by atoms with van der Waals surface area (Å²) in [6.07, 6.45) is 1.78. The highest BCUT2D eigenvalue weighted by molar-refractivity contribution is 7.98. The number of hydrogen-bond donors (Lipinski definition) is 1. The molecule has 3 heterocycles. The molecule has 1 aliphatic heterocycles. The van der Waals surface area contributed by atoms with Crippen LogP contribution in [0.25, 0.3) is 11.5 Å². The summed E-state index contributed by atoms with van der Waals surface area (Å²) in [5.41, 5.74) is 4.38. The molecule has 0 fully saturated rings. The van der Waals surface area contributed by atoms with Crippen molar-refractivity contribution in [3.8, 4) is 11.5 Å². The van der Waals surface area contributed by atoms with Gasteiger partial charge in [0, 0.05) is 29.0 Å². The molecular formula is C12H11N3S2. The van der Waals surface area contributed by atoms with Crippen LogP contribution in [0.15, 0.2) is 18.3 Å². The average molecular weight is 261 g/mol. The molecule has 2 aromatic rings. The zero-order valence-electron chi connectivity index (χ0n) is 9.36. The van der Waals surface area contributed by atoms with Gasteiger partial charge < -0.3 is 4.98 Å². The zero-order chi connectivity index (χ0) is 11.8. The molecule has 5 heteroatoms. The van der Waals surface area contributed by atoms with E-state index in [1.54, 1.807) is 6.20 Å². The molecule has 0 unspecified atom stereocenters. The molecular weight excluding hydrogens is 250 g/mol. The minimum atomic E-state index is 0.712. The molecule has 0 saturated heterocycles. The fraction of sp³-hybridized carbons (Fsp3) is 0.250. The van der Waals surface area contributed by atoms with Crippen molar-refractivity contribution in [3.05, 3.63) is 39.8 Å². The number of nitrogens with one attached hydrogen (secondary N) is 1. The normalized spacial score (nSPS) is 13.7. The predicted octanol–water partition coefficient (Wildman–Crippen LogP) is 3.26. The van der Waals surface area contributed by atoms with E-state index in [9.17, 15) is 0 Å². The summed E-state index contributed by atoms with van der Waals surface area (Å²) in [6, 6.07) is 3.96. The number of pyridine rings is 1. The quantitative estimate of drug-likeness (QED) is 0.800. The fourth-order valence-electron chi connectivity index (χ4n) is 1.92. The van der Waals surface area contributed by atoms with E-state index in [0.29, 0.717) is 4.64 Å². The number of fused-ring (bicyclic) bond motifs is 1. The van der Waals surface area contributed by atoms with E-state index >= 15 is 0 Å². The third kappa shape index (κ3) is 1.89. The highest BCUT2D eigenvalue weighted by Gasteiger charge is 2.16. The molecule has 0 spiro atoms. The van der Waals surface area contributed by atoms with Crippen LogP contribution in [0.2, 0.25) is 0 Å². The van der Waals surface area contributed by atoms with Crippen LogP contribution < -0.4 is 0 Å². The van der Waals surface area contributed by atoms with Crippen molar-refractivity contribution in [2.75, 3.05) is 0 Å². The molecule has 3 rings (SSSR count). The number of aromatic nitrogens is 3. The van der Waals surface area contributed by atoms with Gasteiger partial charge in [-0.3, -0.25) is 4.98 Å². The molecule has 1 aliphatic rings. The van der Waals surface area contributed by atoms with Crippen LogP contribution in [0.4, 0.5) is 0 Å². The Bertz CT molecular complexity index is 634. The van der Waals surface area contributed by atoms with Crippen LogP contribution in [0, 0.1) is 11.6 Å². The van der Waals surface area contributed by atoms with Crippen molar-refractivity contribution in [2.24, 2.45) is 0 Å². The number of aromatic amines is 1. The Hall–Kier alpha value is -1.20. The van der Waals surface area contributed by atoms with Gasteiger partial charge in [0.05, 0.1) is 0 Å². The molecule has 2 aromatic heterocycles. The first-order valence-electron chi connectivity index (χ1n) is 5.37. The largest absolute Gasteiger partial charge is 0.341 e. The summed E-state index contributed by atoms with van der Waals surface area (Å²) in [6.45, 7) is 2.03. The second-order valence-corrected chi connectivity index (χ2v) is 5.38. The zero-order valence-corrected chi connectivity index (χ0v) is 11.0. The first-order chi connectivity index (χ1) is 8.25. The molecule has 0 aliphatic carbocycles. The SMILES string of the molecule is Cc1cccnc1-c1nc(=S)c2c([nH]1)CSC2. The van der Waals surface area contributed by atoms with E-state index in [-0.39, 0.29) is 0 Å². The number of hydrogen-bond acceptors (Lipinski definition) is 4. The Morgan fingerprint density at radius 3 is 3.12 bits per heavy atom. The number of H-pyrrole nitrogens is 1. The Balaban J connectivity index is 2.20. The smallest absolute Gasteiger partial charge is 0.158 e. The Labute approximate surface area is 109 Å². The van der Waals surface area contributed by atoms with Gasteiger partial charge in [-0.2, -0.15) is 11.8 Å². The van der Waals surface area contributed by atoms with Gasteiger partial charge in [-0.15, -0.1) is 0 Å². The number of nitrogens with zero attached hydrogens (tertiary/aromatic N) is 2. The number of rotatable bonds is 1. The second-order valence-electron chi connectivity index (χ2n) is 4.01. The van der Waals surface area contributed by atoms with E-state index in [2.05, 4.69) is 15.0 Å². The molecule has 17 heavy (non-hydrogen) atoms. The van der Waals surface area contributed by atoms with Crippen LogP contribution in [-0.4, -0.2) is 15.0 Å². The minimum absolute atomic E-state index is 0.712. The third-order valence-corrected chi connectivity index (χ3v) is 4.15. The first kappa shape index (κ1) is 10.9. The first-order valence-corrected chi connectivity index (χ1v) is 6.94. The lowest BCUT2D eigenvalue weighted by Gasteiger charge is -2.06. The van der Waals surface area contributed by atoms with Crippen LogP contribution in [-0.2, 0) is 11.5 Å². The van der Waals surface area contributed by atoms with Crippen molar-refractivity contribution < 1.29 is 0 Å². The summed E-state index contributed by atoms with van der Waals surface area (Å²) in [7, 11) is 0. The van der Waals surface area contributed by atoms with Crippen molar-refractivity contribution in [1.82, 2.24) is 15.0 Å². The second kappa shape index (κ2) is 4.23. The molecule has 0 amide bonds. The highest BCUT2D eigenvalue weighted by atomic mass is 32.2. The van der Waals surface area contributed by atoms with Gasteiger partial charge in [-0.25, -0.2) is 4.98 Å². The van der Waals surface area contributed by atoms with Crippen molar-refractivity contribution in [2.45, 2.75) is 18.4 Å². The van der Waals surface area contributed by atoms with Crippen LogP contribution >= 0.6 is 24.0 Å².